The summed E-state index contributed by atoms with van der Waals surface area (Å²) in [5.74, 6) is 0.504. The van der Waals surface area contributed by atoms with E-state index in [9.17, 15) is 9.59 Å². The third kappa shape index (κ3) is 2.03. The van der Waals surface area contributed by atoms with Crippen LogP contribution in [-0.2, 0) is 9.59 Å². The lowest BCUT2D eigenvalue weighted by Gasteiger charge is -2.28. The second kappa shape index (κ2) is 4.63. The third-order valence-corrected chi connectivity index (χ3v) is 3.50. The maximum absolute atomic E-state index is 11.7. The van der Waals surface area contributed by atoms with Crippen molar-refractivity contribution in [3.8, 4) is 5.75 Å². The Labute approximate surface area is 116 Å². The van der Waals surface area contributed by atoms with Crippen molar-refractivity contribution in [1.29, 1.82) is 0 Å². The zero-order valence-corrected chi connectivity index (χ0v) is 11.4. The van der Waals surface area contributed by atoms with Gasteiger partial charge in [-0.1, -0.05) is 0 Å². The molecule has 20 heavy (non-hydrogen) atoms. The van der Waals surface area contributed by atoms with E-state index in [1.54, 1.807) is 11.9 Å². The molecule has 0 bridgehead atoms. The highest BCUT2D eigenvalue weighted by atomic mass is 16.5. The SMILES string of the molecule is Cc1cc(C2=NNC(=O)CC2)c2c(c1)N(C)C(=O)CO2. The number of hydrazone groups is 1. The van der Waals surface area contributed by atoms with Crippen molar-refractivity contribution < 1.29 is 14.3 Å². The van der Waals surface area contributed by atoms with Gasteiger partial charge in [0.1, 0.15) is 0 Å². The van der Waals surface area contributed by atoms with E-state index in [-0.39, 0.29) is 18.4 Å². The largest absolute Gasteiger partial charge is 0.481 e. The maximum atomic E-state index is 11.7. The fourth-order valence-electron chi connectivity index (χ4n) is 2.40. The van der Waals surface area contributed by atoms with Gasteiger partial charge in [-0.3, -0.25) is 9.59 Å². The predicted molar refractivity (Wildman–Crippen MR) is 74.0 cm³/mol. The van der Waals surface area contributed by atoms with Gasteiger partial charge in [0.05, 0.1) is 11.4 Å². The fourth-order valence-corrected chi connectivity index (χ4v) is 2.40. The number of likely N-dealkylation sites (N-methyl/N-ethyl adjacent to an activating group) is 1. The number of amides is 2. The Balaban J connectivity index is 2.10. The number of fused-ring (bicyclic) bond motifs is 1. The summed E-state index contributed by atoms with van der Waals surface area (Å²) in [7, 11) is 1.73. The minimum atomic E-state index is -0.0801. The molecular formula is C14H15N3O3. The summed E-state index contributed by atoms with van der Waals surface area (Å²) in [5.41, 5.74) is 5.88. The van der Waals surface area contributed by atoms with Gasteiger partial charge < -0.3 is 9.64 Å². The molecule has 1 aromatic rings. The van der Waals surface area contributed by atoms with Gasteiger partial charge in [0.2, 0.25) is 5.91 Å². The molecule has 0 aliphatic carbocycles. The molecule has 2 heterocycles. The van der Waals surface area contributed by atoms with E-state index in [0.717, 1.165) is 22.5 Å². The molecule has 1 aromatic carbocycles. The highest BCUT2D eigenvalue weighted by Gasteiger charge is 2.27. The van der Waals surface area contributed by atoms with Crippen molar-refractivity contribution in [2.45, 2.75) is 19.8 Å². The van der Waals surface area contributed by atoms with Gasteiger partial charge in [-0.05, 0) is 24.6 Å². The molecule has 0 aromatic heterocycles. The van der Waals surface area contributed by atoms with Crippen LogP contribution in [0.4, 0.5) is 5.69 Å². The van der Waals surface area contributed by atoms with Crippen molar-refractivity contribution in [2.24, 2.45) is 5.10 Å². The Morgan fingerprint density at radius 3 is 2.80 bits per heavy atom. The lowest BCUT2D eigenvalue weighted by Crippen LogP contribution is -2.36. The predicted octanol–water partition coefficient (Wildman–Crippen LogP) is 0.964. The van der Waals surface area contributed by atoms with Crippen LogP contribution in [0.25, 0.3) is 0 Å². The van der Waals surface area contributed by atoms with Gasteiger partial charge in [-0.25, -0.2) is 5.43 Å². The minimum Gasteiger partial charge on any atom is -0.481 e. The topological polar surface area (TPSA) is 71.0 Å². The van der Waals surface area contributed by atoms with Gasteiger partial charge in [0, 0.05) is 25.5 Å². The Bertz CT molecular complexity index is 637. The molecule has 0 fully saturated rings. The molecule has 2 amide bonds. The summed E-state index contributed by atoms with van der Waals surface area (Å²) in [6.07, 6.45) is 0.985. The van der Waals surface area contributed by atoms with E-state index in [1.165, 1.54) is 0 Å². The Morgan fingerprint density at radius 2 is 2.10 bits per heavy atom. The van der Waals surface area contributed by atoms with Crippen LogP contribution >= 0.6 is 0 Å². The number of nitrogens with one attached hydrogen (secondary N) is 1. The molecule has 0 saturated carbocycles. The van der Waals surface area contributed by atoms with E-state index in [4.69, 9.17) is 4.74 Å². The van der Waals surface area contributed by atoms with Crippen LogP contribution in [0.15, 0.2) is 17.2 Å². The first-order chi connectivity index (χ1) is 9.56. The molecule has 0 unspecified atom stereocenters. The zero-order chi connectivity index (χ0) is 14.3. The van der Waals surface area contributed by atoms with Gasteiger partial charge in [0.15, 0.2) is 12.4 Å². The number of anilines is 1. The lowest BCUT2D eigenvalue weighted by molar-refractivity contribution is -0.121. The van der Waals surface area contributed by atoms with E-state index in [1.807, 2.05) is 19.1 Å². The van der Waals surface area contributed by atoms with Gasteiger partial charge in [0.25, 0.3) is 5.91 Å². The lowest BCUT2D eigenvalue weighted by atomic mass is 9.99. The maximum Gasteiger partial charge on any atom is 0.264 e. The first kappa shape index (κ1) is 12.7. The number of carbonyl (C=O) groups excluding carboxylic acids is 2. The molecule has 0 radical (unpaired) electrons. The zero-order valence-electron chi connectivity index (χ0n) is 11.4. The van der Waals surface area contributed by atoms with Crippen molar-refractivity contribution in [3.63, 3.8) is 0 Å². The van der Waals surface area contributed by atoms with Crippen LogP contribution in [0.2, 0.25) is 0 Å². The molecule has 6 nitrogen and oxygen atoms in total. The summed E-state index contributed by atoms with van der Waals surface area (Å²) in [6, 6.07) is 3.89. The third-order valence-electron chi connectivity index (χ3n) is 3.50. The Hall–Kier alpha value is -2.37. The summed E-state index contributed by atoms with van der Waals surface area (Å²) >= 11 is 0. The van der Waals surface area contributed by atoms with Crippen molar-refractivity contribution >= 4 is 23.2 Å². The molecule has 0 saturated heterocycles. The standard InChI is InChI=1S/C14H15N3O3/c1-8-5-9(10-3-4-12(18)16-15-10)14-11(6-8)17(2)13(19)7-20-14/h5-6H,3-4,7H2,1-2H3,(H,16,18). The molecule has 2 aliphatic rings. The smallest absolute Gasteiger partial charge is 0.264 e. The van der Waals surface area contributed by atoms with Crippen LogP contribution in [0.1, 0.15) is 24.0 Å². The van der Waals surface area contributed by atoms with Crippen molar-refractivity contribution in [3.05, 3.63) is 23.3 Å². The van der Waals surface area contributed by atoms with E-state index < -0.39 is 0 Å². The molecule has 2 aliphatic heterocycles. The van der Waals surface area contributed by atoms with Crippen molar-refractivity contribution in [1.82, 2.24) is 5.43 Å². The molecule has 3 rings (SSSR count). The van der Waals surface area contributed by atoms with Gasteiger partial charge in [-0.15, -0.1) is 0 Å². The Kier molecular flexibility index (Phi) is 2.93. The average Bonchev–Trinajstić information content (AvgIpc) is 2.43. The summed E-state index contributed by atoms with van der Waals surface area (Å²) in [4.78, 5) is 24.5. The second-order valence-corrected chi connectivity index (χ2v) is 5.00. The number of hydrogen-bond acceptors (Lipinski definition) is 4. The number of aryl methyl sites for hydroxylation is 1. The number of hydrogen-bond donors (Lipinski definition) is 1. The summed E-state index contributed by atoms with van der Waals surface area (Å²) in [6.45, 7) is 1.98. The highest BCUT2D eigenvalue weighted by Crippen LogP contribution is 2.37. The van der Waals surface area contributed by atoms with Gasteiger partial charge in [-0.2, -0.15) is 5.10 Å². The minimum absolute atomic E-state index is 0.0270. The second-order valence-electron chi connectivity index (χ2n) is 5.00. The highest BCUT2D eigenvalue weighted by molar-refractivity contribution is 6.09. The molecule has 0 spiro atoms. The number of ether oxygens (including phenoxy) is 1. The van der Waals surface area contributed by atoms with Gasteiger partial charge >= 0.3 is 0 Å². The van der Waals surface area contributed by atoms with Crippen LogP contribution in [0.5, 0.6) is 5.75 Å². The Morgan fingerprint density at radius 1 is 1.30 bits per heavy atom. The molecular weight excluding hydrogens is 258 g/mol. The van der Waals surface area contributed by atoms with Crippen LogP contribution < -0.4 is 15.1 Å². The van der Waals surface area contributed by atoms with Crippen LogP contribution in [0, 0.1) is 6.92 Å². The fraction of sp³-hybridized carbons (Fsp3) is 0.357. The van der Waals surface area contributed by atoms with Crippen molar-refractivity contribution in [2.75, 3.05) is 18.6 Å². The first-order valence-electron chi connectivity index (χ1n) is 6.46. The summed E-state index contributed by atoms with van der Waals surface area (Å²) in [5, 5.41) is 4.11. The quantitative estimate of drug-likeness (QED) is 0.828. The van der Waals surface area contributed by atoms with E-state index >= 15 is 0 Å². The van der Waals surface area contributed by atoms with Crippen LogP contribution in [-0.4, -0.2) is 31.2 Å². The number of carbonyl (C=O) groups is 2. The molecule has 6 heteroatoms. The van der Waals surface area contributed by atoms with Crippen LogP contribution in [0.3, 0.4) is 0 Å². The number of rotatable bonds is 1. The molecule has 1 N–H and O–H groups in total. The number of benzene rings is 1. The number of nitrogens with zero attached hydrogens (tertiary/aromatic N) is 2. The van der Waals surface area contributed by atoms with E-state index in [0.29, 0.717) is 18.6 Å². The van der Waals surface area contributed by atoms with E-state index in [2.05, 4.69) is 10.5 Å². The summed E-state index contributed by atoms with van der Waals surface area (Å²) < 4.78 is 5.59. The molecule has 104 valence electrons. The normalized spacial score (nSPS) is 18.1. The average molecular weight is 273 g/mol. The first-order valence-corrected chi connectivity index (χ1v) is 6.46. The monoisotopic (exact) mass is 273 g/mol. The molecule has 0 atom stereocenters.